The minimum atomic E-state index is -0.681. The normalized spacial score (nSPS) is 39.4. The van der Waals surface area contributed by atoms with Crippen LogP contribution >= 0.6 is 0 Å². The summed E-state index contributed by atoms with van der Waals surface area (Å²) in [4.78, 5) is 0. The van der Waals surface area contributed by atoms with Gasteiger partial charge in [-0.15, -0.1) is 0 Å². The average Bonchev–Trinajstić information content (AvgIpc) is 2.47. The maximum Gasteiger partial charge on any atom is 0.0982 e. The van der Waals surface area contributed by atoms with Gasteiger partial charge in [-0.05, 0) is 40.0 Å². The Hall–Kier alpha value is -0.380. The van der Waals surface area contributed by atoms with Crippen LogP contribution in [0.2, 0.25) is 0 Å². The van der Waals surface area contributed by atoms with Crippen molar-refractivity contribution in [2.24, 2.45) is 5.92 Å². The van der Waals surface area contributed by atoms with Crippen LogP contribution < -0.4 is 0 Å². The number of hydrogen-bond donors (Lipinski definition) is 2. The molecule has 2 aliphatic rings. The molecule has 0 aromatic rings. The fourth-order valence-corrected chi connectivity index (χ4v) is 2.77. The SMILES string of the molecule is CC(C)(C)OC1CCC2=CC(O)C(O)CC21. The lowest BCUT2D eigenvalue weighted by atomic mass is 9.85. The van der Waals surface area contributed by atoms with Crippen LogP contribution in [0.4, 0.5) is 0 Å². The number of hydrogen-bond acceptors (Lipinski definition) is 3. The van der Waals surface area contributed by atoms with E-state index in [4.69, 9.17) is 4.74 Å². The van der Waals surface area contributed by atoms with Crippen LogP contribution in [0, 0.1) is 5.92 Å². The van der Waals surface area contributed by atoms with E-state index in [1.807, 2.05) is 6.08 Å². The molecule has 2 aliphatic carbocycles. The highest BCUT2D eigenvalue weighted by molar-refractivity contribution is 5.21. The van der Waals surface area contributed by atoms with Crippen LogP contribution in [-0.4, -0.2) is 34.1 Å². The molecule has 4 atom stereocenters. The Morgan fingerprint density at radius 1 is 1.31 bits per heavy atom. The van der Waals surface area contributed by atoms with Gasteiger partial charge >= 0.3 is 0 Å². The second-order valence-electron chi connectivity index (χ2n) is 5.95. The minimum Gasteiger partial charge on any atom is -0.390 e. The van der Waals surface area contributed by atoms with Crippen LogP contribution in [0.1, 0.15) is 40.0 Å². The number of aliphatic hydroxyl groups excluding tert-OH is 2. The van der Waals surface area contributed by atoms with E-state index in [9.17, 15) is 10.2 Å². The molecule has 0 aromatic carbocycles. The van der Waals surface area contributed by atoms with Crippen LogP contribution in [0.15, 0.2) is 11.6 Å². The van der Waals surface area contributed by atoms with Crippen LogP contribution in [0.25, 0.3) is 0 Å². The molecule has 3 heteroatoms. The van der Waals surface area contributed by atoms with Gasteiger partial charge in [-0.3, -0.25) is 0 Å². The van der Waals surface area contributed by atoms with Crippen LogP contribution in [-0.2, 0) is 4.74 Å². The molecule has 1 fully saturated rings. The summed E-state index contributed by atoms with van der Waals surface area (Å²) >= 11 is 0. The van der Waals surface area contributed by atoms with Crippen molar-refractivity contribution in [3.8, 4) is 0 Å². The molecule has 92 valence electrons. The summed E-state index contributed by atoms with van der Waals surface area (Å²) < 4.78 is 6.02. The topological polar surface area (TPSA) is 49.7 Å². The van der Waals surface area contributed by atoms with E-state index in [-0.39, 0.29) is 11.7 Å². The van der Waals surface area contributed by atoms with Gasteiger partial charge in [0.15, 0.2) is 0 Å². The Bertz CT molecular complexity index is 290. The Balaban J connectivity index is 2.08. The van der Waals surface area contributed by atoms with E-state index in [1.165, 1.54) is 5.57 Å². The van der Waals surface area contributed by atoms with E-state index >= 15 is 0 Å². The third kappa shape index (κ3) is 2.47. The van der Waals surface area contributed by atoms with E-state index in [0.717, 1.165) is 12.8 Å². The third-order valence-electron chi connectivity index (χ3n) is 3.42. The molecule has 0 radical (unpaired) electrons. The second-order valence-corrected chi connectivity index (χ2v) is 5.95. The molecule has 0 aromatic heterocycles. The maximum atomic E-state index is 9.69. The van der Waals surface area contributed by atoms with Crippen LogP contribution in [0.5, 0.6) is 0 Å². The molecule has 1 saturated carbocycles. The molecular formula is C13H22O3. The zero-order valence-electron chi connectivity index (χ0n) is 10.3. The fourth-order valence-electron chi connectivity index (χ4n) is 2.77. The second kappa shape index (κ2) is 4.13. The molecule has 0 amide bonds. The number of aliphatic hydroxyl groups is 2. The van der Waals surface area contributed by atoms with Gasteiger partial charge in [-0.2, -0.15) is 0 Å². The summed E-state index contributed by atoms with van der Waals surface area (Å²) in [6.07, 6.45) is 3.35. The first-order valence-corrected chi connectivity index (χ1v) is 6.11. The number of fused-ring (bicyclic) bond motifs is 1. The highest BCUT2D eigenvalue weighted by Crippen LogP contribution is 2.41. The smallest absolute Gasteiger partial charge is 0.0982 e. The fraction of sp³-hybridized carbons (Fsp3) is 0.846. The maximum absolute atomic E-state index is 9.69. The molecule has 3 nitrogen and oxygen atoms in total. The van der Waals surface area contributed by atoms with Gasteiger partial charge in [0.2, 0.25) is 0 Å². The first-order chi connectivity index (χ1) is 7.37. The zero-order chi connectivity index (χ0) is 11.9. The van der Waals surface area contributed by atoms with Crippen molar-refractivity contribution in [2.45, 2.75) is 63.9 Å². The monoisotopic (exact) mass is 226 g/mol. The number of ether oxygens (including phenoxy) is 1. The molecule has 16 heavy (non-hydrogen) atoms. The van der Waals surface area contributed by atoms with Crippen molar-refractivity contribution in [3.63, 3.8) is 0 Å². The lowest BCUT2D eigenvalue weighted by Crippen LogP contribution is -2.37. The molecule has 0 aliphatic heterocycles. The van der Waals surface area contributed by atoms with Gasteiger partial charge in [-0.25, -0.2) is 0 Å². The summed E-state index contributed by atoms with van der Waals surface area (Å²) in [5.74, 6) is 0.303. The Labute approximate surface area is 97.1 Å². The van der Waals surface area contributed by atoms with E-state index in [0.29, 0.717) is 12.3 Å². The summed E-state index contributed by atoms with van der Waals surface area (Å²) in [7, 11) is 0. The zero-order valence-corrected chi connectivity index (χ0v) is 10.3. The highest BCUT2D eigenvalue weighted by atomic mass is 16.5. The van der Waals surface area contributed by atoms with Crippen molar-refractivity contribution in [1.82, 2.24) is 0 Å². The predicted octanol–water partition coefficient (Wildman–Crippen LogP) is 1.63. The van der Waals surface area contributed by atoms with Crippen LogP contribution in [0.3, 0.4) is 0 Å². The summed E-state index contributed by atoms with van der Waals surface area (Å²) in [5.41, 5.74) is 1.13. The van der Waals surface area contributed by atoms with Crippen molar-refractivity contribution in [1.29, 1.82) is 0 Å². The Morgan fingerprint density at radius 3 is 2.62 bits per heavy atom. The lowest BCUT2D eigenvalue weighted by Gasteiger charge is -2.33. The first kappa shape index (κ1) is 12.1. The van der Waals surface area contributed by atoms with Gasteiger partial charge in [0.25, 0.3) is 0 Å². The molecule has 0 bridgehead atoms. The Kier molecular flexibility index (Phi) is 3.12. The largest absolute Gasteiger partial charge is 0.390 e. The average molecular weight is 226 g/mol. The van der Waals surface area contributed by atoms with Gasteiger partial charge in [0.1, 0.15) is 0 Å². The van der Waals surface area contributed by atoms with Gasteiger partial charge in [0.05, 0.1) is 23.9 Å². The van der Waals surface area contributed by atoms with Crippen molar-refractivity contribution in [3.05, 3.63) is 11.6 Å². The molecule has 0 saturated heterocycles. The van der Waals surface area contributed by atoms with Gasteiger partial charge in [0, 0.05) is 5.92 Å². The van der Waals surface area contributed by atoms with E-state index < -0.39 is 12.2 Å². The molecule has 2 rings (SSSR count). The molecule has 4 unspecified atom stereocenters. The lowest BCUT2D eigenvalue weighted by molar-refractivity contribution is -0.0835. The third-order valence-corrected chi connectivity index (χ3v) is 3.42. The quantitative estimate of drug-likeness (QED) is 0.668. The summed E-state index contributed by atoms with van der Waals surface area (Å²) in [6.45, 7) is 6.18. The number of rotatable bonds is 1. The molecular weight excluding hydrogens is 204 g/mol. The van der Waals surface area contributed by atoms with Crippen molar-refractivity contribution < 1.29 is 14.9 Å². The molecule has 2 N–H and O–H groups in total. The highest BCUT2D eigenvalue weighted by Gasteiger charge is 2.40. The molecule has 0 heterocycles. The predicted molar refractivity (Wildman–Crippen MR) is 62.1 cm³/mol. The first-order valence-electron chi connectivity index (χ1n) is 6.11. The van der Waals surface area contributed by atoms with Gasteiger partial charge in [-0.1, -0.05) is 11.6 Å². The summed E-state index contributed by atoms with van der Waals surface area (Å²) in [5, 5.41) is 19.3. The Morgan fingerprint density at radius 2 is 2.00 bits per heavy atom. The van der Waals surface area contributed by atoms with Crippen molar-refractivity contribution in [2.75, 3.05) is 0 Å². The standard InChI is InChI=1S/C13H22O3/c1-13(2,3)16-12-5-4-8-6-10(14)11(15)7-9(8)12/h6,9-12,14-15H,4-5,7H2,1-3H3. The summed E-state index contributed by atoms with van der Waals surface area (Å²) in [6, 6.07) is 0. The van der Waals surface area contributed by atoms with E-state index in [1.54, 1.807) is 0 Å². The van der Waals surface area contributed by atoms with Gasteiger partial charge < -0.3 is 14.9 Å². The van der Waals surface area contributed by atoms with E-state index in [2.05, 4.69) is 20.8 Å². The van der Waals surface area contributed by atoms with Crippen molar-refractivity contribution >= 4 is 0 Å². The molecule has 0 spiro atoms. The minimum absolute atomic E-state index is 0.138.